The van der Waals surface area contributed by atoms with Crippen molar-refractivity contribution < 1.29 is 4.79 Å². The van der Waals surface area contributed by atoms with Gasteiger partial charge in [-0.3, -0.25) is 9.69 Å². The molecule has 0 saturated carbocycles. The van der Waals surface area contributed by atoms with Gasteiger partial charge in [-0.1, -0.05) is 42.0 Å². The van der Waals surface area contributed by atoms with Gasteiger partial charge in [-0.15, -0.1) is 0 Å². The molecule has 2 aromatic rings. The molecule has 2 aromatic carbocycles. The monoisotopic (exact) mass is 322 g/mol. The maximum Gasteiger partial charge on any atom is 0.253 e. The van der Waals surface area contributed by atoms with Crippen molar-refractivity contribution in [2.24, 2.45) is 0 Å². The van der Waals surface area contributed by atoms with E-state index in [0.717, 1.165) is 50.3 Å². The molecule has 24 heavy (non-hydrogen) atoms. The minimum Gasteiger partial charge on any atom is -0.337 e. The molecule has 3 nitrogen and oxygen atoms in total. The summed E-state index contributed by atoms with van der Waals surface area (Å²) < 4.78 is 0. The van der Waals surface area contributed by atoms with Crippen LogP contribution in [0.3, 0.4) is 0 Å². The van der Waals surface area contributed by atoms with E-state index in [1.165, 1.54) is 11.1 Å². The van der Waals surface area contributed by atoms with E-state index in [-0.39, 0.29) is 5.91 Å². The summed E-state index contributed by atoms with van der Waals surface area (Å²) in [7, 11) is 0. The maximum absolute atomic E-state index is 12.7. The molecule has 1 aliphatic rings. The van der Waals surface area contributed by atoms with Crippen LogP contribution in [-0.4, -0.2) is 41.9 Å². The van der Waals surface area contributed by atoms with Crippen LogP contribution in [0.2, 0.25) is 0 Å². The quantitative estimate of drug-likeness (QED) is 0.861. The van der Waals surface area contributed by atoms with E-state index in [4.69, 9.17) is 0 Å². The van der Waals surface area contributed by atoms with Crippen molar-refractivity contribution in [1.29, 1.82) is 0 Å². The normalized spacial score (nSPS) is 16.0. The standard InChI is InChI=1S/C21H26N2O/c1-17-7-5-10-19(15-17)21(24)23-12-6-11-22(13-14-23)16-20-9-4-3-8-18(20)2/h3-5,7-10,15H,6,11-14,16H2,1-2H3. The zero-order chi connectivity index (χ0) is 16.9. The molecule has 0 radical (unpaired) electrons. The van der Waals surface area contributed by atoms with Gasteiger partial charge in [0.2, 0.25) is 0 Å². The van der Waals surface area contributed by atoms with Crippen LogP contribution >= 0.6 is 0 Å². The molecule has 3 heteroatoms. The third kappa shape index (κ3) is 4.04. The van der Waals surface area contributed by atoms with Gasteiger partial charge in [0, 0.05) is 38.3 Å². The van der Waals surface area contributed by atoms with Gasteiger partial charge in [0.25, 0.3) is 5.91 Å². The minimum absolute atomic E-state index is 0.163. The Morgan fingerprint density at radius 3 is 2.58 bits per heavy atom. The Kier molecular flexibility index (Phi) is 5.31. The summed E-state index contributed by atoms with van der Waals surface area (Å²) in [6.07, 6.45) is 1.03. The third-order valence-corrected chi connectivity index (χ3v) is 4.80. The van der Waals surface area contributed by atoms with E-state index < -0.39 is 0 Å². The fraction of sp³-hybridized carbons (Fsp3) is 0.381. The Morgan fingerprint density at radius 1 is 0.958 bits per heavy atom. The predicted molar refractivity (Wildman–Crippen MR) is 98.2 cm³/mol. The molecule has 0 atom stereocenters. The first-order valence-electron chi connectivity index (χ1n) is 8.76. The molecular formula is C21H26N2O. The van der Waals surface area contributed by atoms with Gasteiger partial charge in [0.15, 0.2) is 0 Å². The van der Waals surface area contributed by atoms with Crippen LogP contribution in [0.25, 0.3) is 0 Å². The zero-order valence-electron chi connectivity index (χ0n) is 14.7. The second-order valence-corrected chi connectivity index (χ2v) is 6.72. The van der Waals surface area contributed by atoms with Crippen molar-refractivity contribution in [3.8, 4) is 0 Å². The lowest BCUT2D eigenvalue weighted by Crippen LogP contribution is -2.35. The molecule has 1 fully saturated rings. The van der Waals surface area contributed by atoms with Crippen LogP contribution < -0.4 is 0 Å². The lowest BCUT2D eigenvalue weighted by atomic mass is 10.1. The highest BCUT2D eigenvalue weighted by molar-refractivity contribution is 5.94. The highest BCUT2D eigenvalue weighted by atomic mass is 16.2. The van der Waals surface area contributed by atoms with Gasteiger partial charge in [-0.2, -0.15) is 0 Å². The number of nitrogens with zero attached hydrogens (tertiary/aromatic N) is 2. The topological polar surface area (TPSA) is 23.6 Å². The van der Waals surface area contributed by atoms with E-state index in [1.54, 1.807) is 0 Å². The molecule has 1 heterocycles. The van der Waals surface area contributed by atoms with Gasteiger partial charge >= 0.3 is 0 Å². The summed E-state index contributed by atoms with van der Waals surface area (Å²) >= 11 is 0. The molecule has 0 aromatic heterocycles. The molecule has 126 valence electrons. The first-order chi connectivity index (χ1) is 11.6. The molecule has 3 rings (SSSR count). The lowest BCUT2D eigenvalue weighted by molar-refractivity contribution is 0.0761. The summed E-state index contributed by atoms with van der Waals surface area (Å²) in [5, 5.41) is 0. The number of hydrogen-bond donors (Lipinski definition) is 0. The smallest absolute Gasteiger partial charge is 0.253 e. The average Bonchev–Trinajstić information content (AvgIpc) is 2.82. The summed E-state index contributed by atoms with van der Waals surface area (Å²) in [5.41, 5.74) is 4.67. The minimum atomic E-state index is 0.163. The van der Waals surface area contributed by atoms with Crippen molar-refractivity contribution in [2.75, 3.05) is 26.2 Å². The number of amides is 1. The Hall–Kier alpha value is -2.13. The number of hydrogen-bond acceptors (Lipinski definition) is 2. The second kappa shape index (κ2) is 7.63. The predicted octanol–water partition coefficient (Wildman–Crippen LogP) is 3.65. The lowest BCUT2D eigenvalue weighted by Gasteiger charge is -2.22. The van der Waals surface area contributed by atoms with E-state index in [2.05, 4.69) is 36.1 Å². The number of carbonyl (C=O) groups excluding carboxylic acids is 1. The number of carbonyl (C=O) groups is 1. The van der Waals surface area contributed by atoms with Crippen molar-refractivity contribution in [1.82, 2.24) is 9.80 Å². The first-order valence-corrected chi connectivity index (χ1v) is 8.76. The molecule has 1 saturated heterocycles. The van der Waals surface area contributed by atoms with Crippen molar-refractivity contribution in [3.63, 3.8) is 0 Å². The largest absolute Gasteiger partial charge is 0.337 e. The van der Waals surface area contributed by atoms with Crippen molar-refractivity contribution in [3.05, 3.63) is 70.8 Å². The highest BCUT2D eigenvalue weighted by Gasteiger charge is 2.20. The van der Waals surface area contributed by atoms with E-state index in [1.807, 2.05) is 36.1 Å². The number of rotatable bonds is 3. The first kappa shape index (κ1) is 16.7. The van der Waals surface area contributed by atoms with Gasteiger partial charge < -0.3 is 4.90 Å². The Labute approximate surface area is 144 Å². The summed E-state index contributed by atoms with van der Waals surface area (Å²) in [5.74, 6) is 0.163. The Bertz CT molecular complexity index is 710. The van der Waals surface area contributed by atoms with Gasteiger partial charge in [0.05, 0.1) is 0 Å². The van der Waals surface area contributed by atoms with Crippen molar-refractivity contribution in [2.45, 2.75) is 26.8 Å². The molecular weight excluding hydrogens is 296 g/mol. The van der Waals surface area contributed by atoms with Crippen LogP contribution in [0.1, 0.15) is 33.5 Å². The summed E-state index contributed by atoms with van der Waals surface area (Å²) in [4.78, 5) is 17.2. The maximum atomic E-state index is 12.7. The van der Waals surface area contributed by atoms with Crippen LogP contribution in [0, 0.1) is 13.8 Å². The molecule has 0 bridgehead atoms. The van der Waals surface area contributed by atoms with E-state index in [9.17, 15) is 4.79 Å². The molecule has 0 spiro atoms. The van der Waals surface area contributed by atoms with Crippen LogP contribution in [0.5, 0.6) is 0 Å². The second-order valence-electron chi connectivity index (χ2n) is 6.72. The molecule has 0 N–H and O–H groups in total. The highest BCUT2D eigenvalue weighted by Crippen LogP contribution is 2.14. The number of benzene rings is 2. The SMILES string of the molecule is Cc1cccc(C(=O)N2CCCN(Cc3ccccc3C)CC2)c1. The summed E-state index contributed by atoms with van der Waals surface area (Å²) in [6.45, 7) is 8.80. The summed E-state index contributed by atoms with van der Waals surface area (Å²) in [6, 6.07) is 16.5. The average molecular weight is 322 g/mol. The molecule has 1 aliphatic heterocycles. The number of aryl methyl sites for hydroxylation is 2. The van der Waals surface area contributed by atoms with Crippen LogP contribution in [-0.2, 0) is 6.54 Å². The zero-order valence-corrected chi connectivity index (χ0v) is 14.7. The Morgan fingerprint density at radius 2 is 1.79 bits per heavy atom. The van der Waals surface area contributed by atoms with Gasteiger partial charge in [-0.25, -0.2) is 0 Å². The van der Waals surface area contributed by atoms with Gasteiger partial charge in [-0.05, 0) is 43.5 Å². The molecule has 0 unspecified atom stereocenters. The van der Waals surface area contributed by atoms with Gasteiger partial charge in [0.1, 0.15) is 0 Å². The third-order valence-electron chi connectivity index (χ3n) is 4.80. The molecule has 0 aliphatic carbocycles. The van der Waals surface area contributed by atoms with Crippen LogP contribution in [0.4, 0.5) is 0 Å². The fourth-order valence-corrected chi connectivity index (χ4v) is 3.32. The van der Waals surface area contributed by atoms with Crippen molar-refractivity contribution >= 4 is 5.91 Å². The Balaban J connectivity index is 1.63. The van der Waals surface area contributed by atoms with E-state index >= 15 is 0 Å². The van der Waals surface area contributed by atoms with Crippen LogP contribution in [0.15, 0.2) is 48.5 Å². The fourth-order valence-electron chi connectivity index (χ4n) is 3.32. The van der Waals surface area contributed by atoms with E-state index in [0.29, 0.717) is 0 Å². The molecule has 1 amide bonds.